The van der Waals surface area contributed by atoms with Gasteiger partial charge >= 0.3 is 5.97 Å². The molecular weight excluding hydrogens is 238 g/mol. The summed E-state index contributed by atoms with van der Waals surface area (Å²) in [5, 5.41) is 23.8. The Kier molecular flexibility index (Phi) is 2.80. The van der Waals surface area contributed by atoms with E-state index in [2.05, 4.69) is 5.10 Å². The summed E-state index contributed by atoms with van der Waals surface area (Å²) < 4.78 is 1.38. The van der Waals surface area contributed by atoms with Gasteiger partial charge < -0.3 is 5.11 Å². The van der Waals surface area contributed by atoms with E-state index in [0.29, 0.717) is 5.69 Å². The predicted molar refractivity (Wildman–Crippen MR) is 61.9 cm³/mol. The number of hydrogen-bond donors (Lipinski definition) is 1. The number of carboxylic acids is 1. The van der Waals surface area contributed by atoms with Crippen LogP contribution in [0.4, 0.5) is 5.69 Å². The van der Waals surface area contributed by atoms with Crippen LogP contribution in [0.25, 0.3) is 5.69 Å². The van der Waals surface area contributed by atoms with E-state index in [0.717, 1.165) is 11.8 Å². The van der Waals surface area contributed by atoms with Gasteiger partial charge in [0.25, 0.3) is 5.69 Å². The second kappa shape index (κ2) is 4.28. The molecule has 0 radical (unpaired) electrons. The van der Waals surface area contributed by atoms with E-state index in [9.17, 15) is 14.9 Å². The Balaban J connectivity index is 2.60. The van der Waals surface area contributed by atoms with Crippen molar-refractivity contribution in [3.05, 3.63) is 51.8 Å². The van der Waals surface area contributed by atoms with E-state index in [4.69, 9.17) is 5.11 Å². The lowest BCUT2D eigenvalue weighted by Gasteiger charge is -2.05. The van der Waals surface area contributed by atoms with Crippen LogP contribution in [0.2, 0.25) is 0 Å². The van der Waals surface area contributed by atoms with Crippen molar-refractivity contribution in [3.8, 4) is 5.69 Å². The maximum Gasteiger partial charge on any atom is 0.338 e. The van der Waals surface area contributed by atoms with Crippen LogP contribution in [0, 0.1) is 17.0 Å². The molecule has 2 rings (SSSR count). The molecule has 0 spiro atoms. The molecule has 2 aromatic rings. The number of carbonyl (C=O) groups is 1. The fourth-order valence-electron chi connectivity index (χ4n) is 1.56. The molecule has 1 N–H and O–H groups in total. The Morgan fingerprint density at radius 3 is 2.67 bits per heavy atom. The van der Waals surface area contributed by atoms with Crippen molar-refractivity contribution in [2.75, 3.05) is 0 Å². The molecule has 0 atom stereocenters. The maximum atomic E-state index is 11.1. The Bertz CT molecular complexity index is 633. The molecule has 18 heavy (non-hydrogen) atoms. The average Bonchev–Trinajstić information content (AvgIpc) is 2.74. The molecular formula is C11H9N3O4. The van der Waals surface area contributed by atoms with Crippen LogP contribution in [0.3, 0.4) is 0 Å². The van der Waals surface area contributed by atoms with Crippen molar-refractivity contribution >= 4 is 11.7 Å². The van der Waals surface area contributed by atoms with Crippen LogP contribution in [-0.4, -0.2) is 25.8 Å². The molecule has 0 unspecified atom stereocenters. The van der Waals surface area contributed by atoms with E-state index < -0.39 is 10.9 Å². The number of aryl methyl sites for hydroxylation is 1. The second-order valence-corrected chi connectivity index (χ2v) is 3.67. The molecule has 0 saturated heterocycles. The number of non-ortho nitro benzene ring substituents is 1. The van der Waals surface area contributed by atoms with E-state index in [-0.39, 0.29) is 11.3 Å². The Hall–Kier alpha value is -2.70. The number of rotatable bonds is 3. The summed E-state index contributed by atoms with van der Waals surface area (Å²) in [6.07, 6.45) is 1.60. The molecule has 1 aromatic heterocycles. The molecule has 0 amide bonds. The molecule has 0 aliphatic rings. The highest BCUT2D eigenvalue weighted by Gasteiger charge is 2.17. The maximum absolute atomic E-state index is 11.1. The number of benzene rings is 1. The fraction of sp³-hybridized carbons (Fsp3) is 0.0909. The molecule has 7 heteroatoms. The van der Waals surface area contributed by atoms with Gasteiger partial charge in [0.1, 0.15) is 0 Å². The highest BCUT2D eigenvalue weighted by Crippen LogP contribution is 2.21. The largest absolute Gasteiger partial charge is 0.478 e. The van der Waals surface area contributed by atoms with Crippen LogP contribution < -0.4 is 0 Å². The summed E-state index contributed by atoms with van der Waals surface area (Å²) in [7, 11) is 0. The minimum Gasteiger partial charge on any atom is -0.478 e. The number of carboxylic acid groups (broad SMARTS) is 1. The number of aromatic carboxylic acids is 1. The van der Waals surface area contributed by atoms with Gasteiger partial charge in [0.15, 0.2) is 0 Å². The van der Waals surface area contributed by atoms with Crippen LogP contribution in [0.5, 0.6) is 0 Å². The molecule has 0 bridgehead atoms. The van der Waals surface area contributed by atoms with Crippen molar-refractivity contribution in [1.29, 1.82) is 0 Å². The molecule has 1 aromatic carbocycles. The van der Waals surface area contributed by atoms with Gasteiger partial charge in [-0.3, -0.25) is 10.1 Å². The fourth-order valence-corrected chi connectivity index (χ4v) is 1.56. The first-order valence-electron chi connectivity index (χ1n) is 5.03. The molecule has 7 nitrogen and oxygen atoms in total. The minimum atomic E-state index is -1.23. The summed E-state index contributed by atoms with van der Waals surface area (Å²) in [5.74, 6) is -1.23. The molecule has 0 saturated carbocycles. The molecule has 92 valence electrons. The van der Waals surface area contributed by atoms with Crippen molar-refractivity contribution in [2.24, 2.45) is 0 Å². The Morgan fingerprint density at radius 2 is 2.17 bits per heavy atom. The van der Waals surface area contributed by atoms with Gasteiger partial charge in [0.05, 0.1) is 21.9 Å². The van der Waals surface area contributed by atoms with Crippen LogP contribution in [-0.2, 0) is 0 Å². The number of nitrogens with zero attached hydrogens (tertiary/aromatic N) is 3. The van der Waals surface area contributed by atoms with Crippen molar-refractivity contribution < 1.29 is 14.8 Å². The number of nitro groups is 1. The van der Waals surface area contributed by atoms with Crippen molar-refractivity contribution in [2.45, 2.75) is 6.92 Å². The zero-order chi connectivity index (χ0) is 13.3. The van der Waals surface area contributed by atoms with Crippen LogP contribution in [0.15, 0.2) is 30.5 Å². The average molecular weight is 247 g/mol. The first-order chi connectivity index (χ1) is 8.49. The van der Waals surface area contributed by atoms with Crippen LogP contribution in [0.1, 0.15) is 16.1 Å². The van der Waals surface area contributed by atoms with Gasteiger partial charge in [-0.2, -0.15) is 5.10 Å². The quantitative estimate of drug-likeness (QED) is 0.658. The van der Waals surface area contributed by atoms with E-state index in [1.165, 1.54) is 16.8 Å². The smallest absolute Gasteiger partial charge is 0.338 e. The number of nitro benzene ring substituents is 1. The lowest BCUT2D eigenvalue weighted by molar-refractivity contribution is -0.384. The zero-order valence-corrected chi connectivity index (χ0v) is 9.40. The predicted octanol–water partition coefficient (Wildman–Crippen LogP) is 1.79. The number of aromatic nitrogens is 2. The third-order valence-electron chi connectivity index (χ3n) is 2.39. The van der Waals surface area contributed by atoms with Gasteiger partial charge in [-0.05, 0) is 19.1 Å². The van der Waals surface area contributed by atoms with Gasteiger partial charge in [-0.1, -0.05) is 0 Å². The molecule has 0 aliphatic heterocycles. The minimum absolute atomic E-state index is 0.160. The third kappa shape index (κ3) is 2.05. The van der Waals surface area contributed by atoms with Gasteiger partial charge in [-0.15, -0.1) is 0 Å². The molecule has 1 heterocycles. The highest BCUT2D eigenvalue weighted by molar-refractivity contribution is 5.92. The molecule has 0 fully saturated rings. The van der Waals surface area contributed by atoms with Crippen molar-refractivity contribution in [3.63, 3.8) is 0 Å². The first-order valence-corrected chi connectivity index (χ1v) is 5.03. The topological polar surface area (TPSA) is 98.3 Å². The summed E-state index contributed by atoms with van der Waals surface area (Å²) >= 11 is 0. The van der Waals surface area contributed by atoms with Gasteiger partial charge in [0, 0.05) is 18.3 Å². The normalized spacial score (nSPS) is 10.3. The lowest BCUT2D eigenvalue weighted by atomic mass is 10.1. The van der Waals surface area contributed by atoms with Crippen LogP contribution >= 0.6 is 0 Å². The summed E-state index contributed by atoms with van der Waals surface area (Å²) in [6, 6.07) is 5.36. The third-order valence-corrected chi connectivity index (χ3v) is 2.39. The summed E-state index contributed by atoms with van der Waals surface area (Å²) in [6.45, 7) is 1.77. The molecule has 0 aliphatic carbocycles. The van der Waals surface area contributed by atoms with E-state index in [1.54, 1.807) is 19.2 Å². The summed E-state index contributed by atoms with van der Waals surface area (Å²) in [4.78, 5) is 21.1. The van der Waals surface area contributed by atoms with Gasteiger partial charge in [-0.25, -0.2) is 9.48 Å². The summed E-state index contributed by atoms with van der Waals surface area (Å²) in [5.41, 5.74) is 0.596. The monoisotopic (exact) mass is 247 g/mol. The first kappa shape index (κ1) is 11.8. The highest BCUT2D eigenvalue weighted by atomic mass is 16.6. The van der Waals surface area contributed by atoms with E-state index in [1.807, 2.05) is 0 Å². The second-order valence-electron chi connectivity index (χ2n) is 3.67. The standard InChI is InChI=1S/C11H9N3O4/c1-7-4-5-13(12-7)10-3-2-8(14(17)18)6-9(10)11(15)16/h2-6H,1H3,(H,15,16). The lowest BCUT2D eigenvalue weighted by Crippen LogP contribution is -2.07. The Labute approximate surface area is 101 Å². The Morgan fingerprint density at radius 1 is 1.44 bits per heavy atom. The SMILES string of the molecule is Cc1ccn(-c2ccc([N+](=O)[O-])cc2C(=O)O)n1. The van der Waals surface area contributed by atoms with Gasteiger partial charge in [0.2, 0.25) is 0 Å². The van der Waals surface area contributed by atoms with E-state index >= 15 is 0 Å². The number of hydrogen-bond acceptors (Lipinski definition) is 4. The van der Waals surface area contributed by atoms with Crippen molar-refractivity contribution in [1.82, 2.24) is 9.78 Å². The zero-order valence-electron chi connectivity index (χ0n) is 9.40.